The molecule has 20 N–H and O–H groups in total. The minimum absolute atomic E-state index is 0.0223. The van der Waals surface area contributed by atoms with Crippen LogP contribution in [0.4, 0.5) is 4.79 Å². The lowest BCUT2D eigenvalue weighted by Crippen LogP contribution is -2.60. The number of hydrogen-bond acceptors (Lipinski definition) is 23. The molecule has 1 unspecified atom stereocenters. The fourth-order valence-electron chi connectivity index (χ4n) is 16.3. The van der Waals surface area contributed by atoms with E-state index in [-0.39, 0.29) is 92.2 Å². The normalized spacial score (nSPS) is 28.6. The van der Waals surface area contributed by atoms with Gasteiger partial charge in [0, 0.05) is 36.3 Å². The van der Waals surface area contributed by atoms with Gasteiger partial charge in [-0.25, -0.2) is 4.79 Å². The molecule has 1 saturated heterocycles. The number of aliphatic hydroxyl groups excluding tert-OH is 5. The number of fused-ring (bicyclic) bond motifs is 15. The SMILES string of the molecule is CCCCCCNC(=O)NC(=O)C[C@@H]1NC(=O)[C@H](NC(=O)[C@@H](CC(C)C)NC)[C@H](O)c2ccc(c(C)c2)Oc2cc3cc(c2O[C@@H]2O[C@H](CN)[C@@H](O)[C@H](O)[C@H]2O)Oc2ccc(cc2Cl)[C@@H](O)[C@@H]2NC(=O)[C@H](NC(=O)C3NC1=O)c1ccc(O)c(c1)-c1c(O)cc(O)cc1[C@@H](C(=O)NC1C3CC4CC(C3)CC1C4)NC2=O. The second-order valence-electron chi connectivity index (χ2n) is 30.1. The van der Waals surface area contributed by atoms with Crippen LogP contribution in [-0.2, 0) is 43.1 Å². The van der Waals surface area contributed by atoms with E-state index in [0.29, 0.717) is 18.3 Å². The van der Waals surface area contributed by atoms with Gasteiger partial charge < -0.3 is 113 Å². The van der Waals surface area contributed by atoms with E-state index in [9.17, 15) is 55.2 Å². The molecular weight excluding hydrogens is 1450 g/mol. The molecule has 110 heavy (non-hydrogen) atoms. The Balaban J connectivity index is 1.05. The van der Waals surface area contributed by atoms with Gasteiger partial charge in [-0.05, 0) is 176 Å². The van der Waals surface area contributed by atoms with E-state index in [2.05, 4.69) is 53.2 Å². The highest BCUT2D eigenvalue weighted by atomic mass is 35.5. The Morgan fingerprint density at radius 1 is 0.655 bits per heavy atom. The maximum absolute atomic E-state index is 16.3. The molecule has 0 spiro atoms. The molecule has 0 aromatic heterocycles. The number of aliphatic hydroxyl groups is 5. The Morgan fingerprint density at radius 3 is 1.95 bits per heavy atom. The number of nitrogens with one attached hydrogen (secondary N) is 10. The Labute approximate surface area is 637 Å². The number of urea groups is 1. The number of imide groups is 1. The zero-order valence-electron chi connectivity index (χ0n) is 61.1. The largest absolute Gasteiger partial charge is 0.508 e. The maximum Gasteiger partial charge on any atom is 0.321 e. The lowest BCUT2D eigenvalue weighted by atomic mass is 9.54. The van der Waals surface area contributed by atoms with Gasteiger partial charge in [-0.3, -0.25) is 43.7 Å². The molecule has 6 heterocycles. The van der Waals surface area contributed by atoms with Crippen LogP contribution in [0.5, 0.6) is 46.0 Å². The van der Waals surface area contributed by atoms with Gasteiger partial charge in [0.2, 0.25) is 59.3 Å². The van der Waals surface area contributed by atoms with Crippen molar-refractivity contribution in [3.8, 4) is 57.1 Å². The standard InChI is InChI=1S/C77H94ClN11O21/c1-6-7-8-9-16-81-77(106)83-55(93)30-47-70(100)85-59-41-26-52(107-50-14-11-37(18-33(50)4)63(94)61(74(104)82-47)88-69(99)46(80-5)17-32(2)3)68(110-76-67(98)66(97)65(96)54(31-79)109-76)53(27-41)108-51-15-12-38(25-45(51)78)64(95)62-75(105)87-60(73(103)84-57-39-20-34-19-35(22-39)23-40(57)21-34)44-28-42(90)29-49(92)56(44)43-24-36(10-13-48(43)91)58(71(101)89-62)86-72(59)102/h10-15,18,24-29,32,34-35,39-40,46-47,54,57-67,76,80,90-92,94-98H,6-9,16-17,19-23,30-31,79H2,1-5H3,(H,82,104)(H,84,103)(H,85,100)(H,86,102)(H,87,105)(H,88,99)(H,89,101)(H2,81,83,93,106)/t34?,35?,39?,40?,46-,47+,54-,57?,58-,59?,60+,61-,62+,63-,64-,65-,66+,67-,76+/m1/s1. The maximum atomic E-state index is 16.3. The van der Waals surface area contributed by atoms with Crippen molar-refractivity contribution in [3.63, 3.8) is 0 Å². The number of rotatable bonds is 17. The van der Waals surface area contributed by atoms with E-state index in [1.54, 1.807) is 0 Å². The number of aromatic hydroxyl groups is 3. The average Bonchev–Trinajstić information content (AvgIpc) is 0.761. The first-order valence-electron chi connectivity index (χ1n) is 37.1. The van der Waals surface area contributed by atoms with Crippen LogP contribution >= 0.6 is 11.6 Å². The van der Waals surface area contributed by atoms with Crippen LogP contribution in [0, 0.1) is 36.5 Å². The molecule has 10 aliphatic rings. The number of amides is 10. The monoisotopic (exact) mass is 1540 g/mol. The third-order valence-electron chi connectivity index (χ3n) is 21.8. The lowest BCUT2D eigenvalue weighted by Gasteiger charge is -2.54. The number of carbonyl (C=O) groups is 9. The Bertz CT molecular complexity index is 4350. The van der Waals surface area contributed by atoms with Gasteiger partial charge >= 0.3 is 6.03 Å². The number of carbonyl (C=O) groups excluding carboxylic acids is 9. The molecule has 10 amide bonds. The first-order valence-corrected chi connectivity index (χ1v) is 37.5. The Morgan fingerprint density at radius 2 is 1.30 bits per heavy atom. The van der Waals surface area contributed by atoms with Crippen molar-refractivity contribution in [1.82, 2.24) is 53.2 Å². The first kappa shape index (κ1) is 79.6. The summed E-state index contributed by atoms with van der Waals surface area (Å²) < 4.78 is 25.8. The van der Waals surface area contributed by atoms with Gasteiger partial charge in [-0.15, -0.1) is 0 Å². The molecule has 590 valence electrons. The summed E-state index contributed by atoms with van der Waals surface area (Å²) >= 11 is 7.17. The third-order valence-corrected chi connectivity index (χ3v) is 22.1. The van der Waals surface area contributed by atoms with Gasteiger partial charge in [-0.2, -0.15) is 0 Å². The Hall–Kier alpha value is -9.90. The zero-order valence-corrected chi connectivity index (χ0v) is 61.8. The van der Waals surface area contributed by atoms with Crippen LogP contribution in [0.3, 0.4) is 0 Å². The van der Waals surface area contributed by atoms with Crippen LogP contribution < -0.4 is 73.1 Å². The summed E-state index contributed by atoms with van der Waals surface area (Å²) in [4.78, 5) is 136. The number of phenols is 3. The minimum atomic E-state index is -2.31. The van der Waals surface area contributed by atoms with Crippen LogP contribution in [0.25, 0.3) is 11.1 Å². The van der Waals surface area contributed by atoms with Gasteiger partial charge in [0.05, 0.1) is 17.5 Å². The van der Waals surface area contributed by atoms with Gasteiger partial charge in [0.25, 0.3) is 0 Å². The molecule has 0 radical (unpaired) electrons. The molecule has 33 heteroatoms. The zero-order chi connectivity index (χ0) is 78.8. The second kappa shape index (κ2) is 33.8. The molecule has 4 saturated carbocycles. The van der Waals surface area contributed by atoms with Crippen molar-refractivity contribution in [3.05, 3.63) is 117 Å². The van der Waals surface area contributed by atoms with Crippen molar-refractivity contribution in [2.24, 2.45) is 35.3 Å². The number of hydrogen-bond donors (Lipinski definition) is 19. The number of unbranched alkanes of at least 4 members (excludes halogenated alkanes) is 3. The summed E-state index contributed by atoms with van der Waals surface area (Å²) in [6.45, 7) is 6.90. The van der Waals surface area contributed by atoms with E-state index >= 15 is 28.8 Å². The summed E-state index contributed by atoms with van der Waals surface area (Å²) in [6, 6.07) is 0.240. The van der Waals surface area contributed by atoms with Crippen molar-refractivity contribution >= 4 is 64.9 Å². The fraction of sp³-hybridized carbons (Fsp3) is 0.494. The number of nitrogens with two attached hydrogens (primary N) is 1. The van der Waals surface area contributed by atoms with Crippen molar-refractivity contribution < 1.29 is 103 Å². The predicted octanol–water partition coefficient (Wildman–Crippen LogP) is 3.27. The highest BCUT2D eigenvalue weighted by Gasteiger charge is 2.51. The van der Waals surface area contributed by atoms with Crippen LogP contribution in [0.2, 0.25) is 5.02 Å². The smallest absolute Gasteiger partial charge is 0.321 e. The summed E-state index contributed by atoms with van der Waals surface area (Å²) in [5, 5.41) is 120. The van der Waals surface area contributed by atoms with Crippen molar-refractivity contribution in [1.29, 1.82) is 0 Å². The molecule has 32 nitrogen and oxygen atoms in total. The molecule has 15 rings (SSSR count). The van der Waals surface area contributed by atoms with E-state index in [1.807, 2.05) is 20.8 Å². The van der Waals surface area contributed by atoms with Crippen LogP contribution in [0.1, 0.15) is 155 Å². The number of benzene rings is 5. The molecule has 5 fully saturated rings. The number of ether oxygens (including phenoxy) is 4. The molecule has 6 aliphatic heterocycles. The first-order chi connectivity index (χ1) is 52.5. The molecule has 4 aliphatic carbocycles. The third kappa shape index (κ3) is 17.2. The van der Waals surface area contributed by atoms with E-state index in [4.69, 9.17) is 36.3 Å². The average molecular weight is 1550 g/mol. The fourth-order valence-corrected chi connectivity index (χ4v) is 16.6. The lowest BCUT2D eigenvalue weighted by molar-refractivity contribution is -0.270. The molecule has 5 aromatic carbocycles. The van der Waals surface area contributed by atoms with Gasteiger partial charge in [-0.1, -0.05) is 69.8 Å². The summed E-state index contributed by atoms with van der Waals surface area (Å²) in [5.41, 5.74) is 4.36. The van der Waals surface area contributed by atoms with E-state index in [1.165, 1.54) is 50.4 Å². The van der Waals surface area contributed by atoms with E-state index < -0.39 is 192 Å². The molecule has 5 aromatic rings. The highest BCUT2D eigenvalue weighted by molar-refractivity contribution is 6.32. The predicted molar refractivity (Wildman–Crippen MR) is 392 cm³/mol. The van der Waals surface area contributed by atoms with Crippen molar-refractivity contribution in [2.45, 2.75) is 190 Å². The van der Waals surface area contributed by atoms with Gasteiger partial charge in [0.1, 0.15) is 102 Å². The van der Waals surface area contributed by atoms with Crippen LogP contribution in [0.15, 0.2) is 78.9 Å². The topological polar surface area (TPSA) is 499 Å². The summed E-state index contributed by atoms with van der Waals surface area (Å²) in [6.07, 6.45) is -6.70. The number of halogens is 1. The second-order valence-corrected chi connectivity index (χ2v) is 30.5. The number of phenolic OH excluding ortho intramolecular Hbond substituents is 3. The highest BCUT2D eigenvalue weighted by Crippen LogP contribution is 2.55. The number of likely N-dealkylation sites (N-methyl/N-ethyl adjacent to an activating group) is 1. The van der Waals surface area contributed by atoms with Crippen LogP contribution in [-0.4, -0.2) is 175 Å². The van der Waals surface area contributed by atoms with Gasteiger partial charge in [0.15, 0.2) is 11.5 Å². The molecular formula is C77H94ClN11O21. The quantitative estimate of drug-likeness (QED) is 0.0594. The minimum Gasteiger partial charge on any atom is -0.508 e. The molecule has 15 bridgehead atoms. The number of aryl methyl sites for hydroxylation is 1. The Kier molecular flexibility index (Phi) is 24.4. The summed E-state index contributed by atoms with van der Waals surface area (Å²) in [5.74, 6) is -12.3. The molecule has 14 atom stereocenters. The van der Waals surface area contributed by atoms with E-state index in [0.717, 1.165) is 93.8 Å². The van der Waals surface area contributed by atoms with Crippen molar-refractivity contribution in [2.75, 3.05) is 20.1 Å². The summed E-state index contributed by atoms with van der Waals surface area (Å²) in [7, 11) is 1.50.